The Labute approximate surface area is 115 Å². The maximum Gasteiger partial charge on any atom is 0.162 e. The highest BCUT2D eigenvalue weighted by Crippen LogP contribution is 2.33. The van der Waals surface area contributed by atoms with Crippen LogP contribution in [0.5, 0.6) is 11.5 Å². The predicted molar refractivity (Wildman–Crippen MR) is 78.4 cm³/mol. The fourth-order valence-corrected chi connectivity index (χ4v) is 2.60. The Morgan fingerprint density at radius 1 is 1.26 bits per heavy atom. The second-order valence-electron chi connectivity index (χ2n) is 4.95. The monoisotopic (exact) mass is 264 g/mol. The summed E-state index contributed by atoms with van der Waals surface area (Å²) >= 11 is 0. The van der Waals surface area contributed by atoms with Crippen LogP contribution in [-0.4, -0.2) is 40.4 Å². The van der Waals surface area contributed by atoms with Crippen molar-refractivity contribution in [1.29, 1.82) is 0 Å². The van der Waals surface area contributed by atoms with Crippen LogP contribution in [0, 0.1) is 5.92 Å². The molecule has 1 heterocycles. The van der Waals surface area contributed by atoms with Gasteiger partial charge in [-0.2, -0.15) is 0 Å². The van der Waals surface area contributed by atoms with Crippen molar-refractivity contribution in [2.24, 2.45) is 5.92 Å². The van der Waals surface area contributed by atoms with Crippen molar-refractivity contribution in [3.63, 3.8) is 0 Å². The third-order valence-corrected chi connectivity index (χ3v) is 3.70. The van der Waals surface area contributed by atoms with Crippen molar-refractivity contribution in [1.82, 2.24) is 5.32 Å². The number of nitrogens with one attached hydrogen (secondary N) is 1. The van der Waals surface area contributed by atoms with Crippen LogP contribution in [-0.2, 0) is 0 Å². The zero-order valence-electron chi connectivity index (χ0n) is 12.1. The van der Waals surface area contributed by atoms with Gasteiger partial charge in [0, 0.05) is 24.8 Å². The van der Waals surface area contributed by atoms with Gasteiger partial charge in [-0.25, -0.2) is 0 Å². The first kappa shape index (κ1) is 14.0. The Hall–Kier alpha value is -1.42. The van der Waals surface area contributed by atoms with Gasteiger partial charge in [0.2, 0.25) is 0 Å². The minimum atomic E-state index is 0.744. The zero-order chi connectivity index (χ0) is 13.7. The van der Waals surface area contributed by atoms with E-state index in [9.17, 15) is 0 Å². The normalized spacial score (nSPS) is 18.7. The highest BCUT2D eigenvalue weighted by atomic mass is 16.5. The molecule has 1 aliphatic rings. The van der Waals surface area contributed by atoms with Crippen LogP contribution in [0.4, 0.5) is 5.69 Å². The molecule has 106 valence electrons. The fourth-order valence-electron chi connectivity index (χ4n) is 2.60. The lowest BCUT2D eigenvalue weighted by Crippen LogP contribution is -2.26. The van der Waals surface area contributed by atoms with E-state index in [1.165, 1.54) is 12.1 Å². The van der Waals surface area contributed by atoms with Gasteiger partial charge in [-0.1, -0.05) is 6.92 Å². The van der Waals surface area contributed by atoms with Crippen LogP contribution in [0.3, 0.4) is 0 Å². The number of rotatable bonds is 6. The quantitative estimate of drug-likeness (QED) is 0.853. The second kappa shape index (κ2) is 6.66. The molecule has 1 N–H and O–H groups in total. The summed E-state index contributed by atoms with van der Waals surface area (Å²) in [6, 6.07) is 6.15. The number of anilines is 1. The molecular formula is C15H24N2O2. The van der Waals surface area contributed by atoms with Gasteiger partial charge in [0.15, 0.2) is 11.5 Å². The van der Waals surface area contributed by atoms with E-state index < -0.39 is 0 Å². The fraction of sp³-hybridized carbons (Fsp3) is 0.600. The summed E-state index contributed by atoms with van der Waals surface area (Å²) < 4.78 is 10.6. The van der Waals surface area contributed by atoms with Crippen LogP contribution in [0.1, 0.15) is 13.3 Å². The second-order valence-corrected chi connectivity index (χ2v) is 4.95. The summed E-state index contributed by atoms with van der Waals surface area (Å²) in [6.45, 7) is 6.54. The molecular weight excluding hydrogens is 240 g/mol. The molecule has 1 fully saturated rings. The molecule has 19 heavy (non-hydrogen) atoms. The van der Waals surface area contributed by atoms with Crippen molar-refractivity contribution < 1.29 is 9.47 Å². The van der Waals surface area contributed by atoms with E-state index in [4.69, 9.17) is 9.47 Å². The molecule has 1 aliphatic heterocycles. The molecule has 1 aromatic rings. The van der Waals surface area contributed by atoms with Gasteiger partial charge in [0.25, 0.3) is 0 Å². The Balaban J connectivity index is 2.03. The van der Waals surface area contributed by atoms with E-state index in [0.717, 1.165) is 43.6 Å². The van der Waals surface area contributed by atoms with E-state index in [1.54, 1.807) is 14.2 Å². The van der Waals surface area contributed by atoms with Gasteiger partial charge in [-0.15, -0.1) is 0 Å². The predicted octanol–water partition coefficient (Wildman–Crippen LogP) is 2.14. The lowest BCUT2D eigenvalue weighted by Gasteiger charge is -2.20. The van der Waals surface area contributed by atoms with E-state index in [-0.39, 0.29) is 0 Å². The van der Waals surface area contributed by atoms with E-state index in [1.807, 2.05) is 6.07 Å². The summed E-state index contributed by atoms with van der Waals surface area (Å²) in [5, 5.41) is 3.43. The Bertz CT molecular complexity index is 409. The van der Waals surface area contributed by atoms with Gasteiger partial charge in [-0.05, 0) is 37.6 Å². The van der Waals surface area contributed by atoms with Crippen LogP contribution >= 0.6 is 0 Å². The Morgan fingerprint density at radius 3 is 2.74 bits per heavy atom. The topological polar surface area (TPSA) is 33.7 Å². The van der Waals surface area contributed by atoms with E-state index >= 15 is 0 Å². The molecule has 4 heteroatoms. The lowest BCUT2D eigenvalue weighted by molar-refractivity contribution is 0.355. The molecule has 0 bridgehead atoms. The minimum absolute atomic E-state index is 0.744. The van der Waals surface area contributed by atoms with Crippen LogP contribution in [0.2, 0.25) is 0 Å². The third-order valence-electron chi connectivity index (χ3n) is 3.70. The number of methoxy groups -OCH3 is 2. The summed E-state index contributed by atoms with van der Waals surface area (Å²) in [6.07, 6.45) is 1.25. The van der Waals surface area contributed by atoms with Crippen molar-refractivity contribution in [3.05, 3.63) is 18.2 Å². The average molecular weight is 264 g/mol. The minimum Gasteiger partial charge on any atom is -0.493 e. The standard InChI is InChI=1S/C15H24N2O2/c1-4-16-10-12-7-8-17(11-12)13-5-6-14(18-2)15(9-13)19-3/h5-6,9,12,16H,4,7-8,10-11H2,1-3H3. The summed E-state index contributed by atoms with van der Waals surface area (Å²) in [5.41, 5.74) is 1.22. The van der Waals surface area contributed by atoms with Gasteiger partial charge < -0.3 is 19.7 Å². The highest BCUT2D eigenvalue weighted by molar-refractivity contribution is 5.56. The van der Waals surface area contributed by atoms with Crippen LogP contribution in [0.15, 0.2) is 18.2 Å². The van der Waals surface area contributed by atoms with Gasteiger partial charge in [-0.3, -0.25) is 0 Å². The maximum absolute atomic E-state index is 5.36. The molecule has 0 spiro atoms. The first-order valence-corrected chi connectivity index (χ1v) is 6.96. The van der Waals surface area contributed by atoms with Gasteiger partial charge in [0.1, 0.15) is 0 Å². The molecule has 1 saturated heterocycles. The van der Waals surface area contributed by atoms with Gasteiger partial charge >= 0.3 is 0 Å². The van der Waals surface area contributed by atoms with E-state index in [2.05, 4.69) is 29.3 Å². The summed E-state index contributed by atoms with van der Waals surface area (Å²) in [4.78, 5) is 2.42. The molecule has 2 rings (SSSR count). The van der Waals surface area contributed by atoms with Crippen molar-refractivity contribution >= 4 is 5.69 Å². The van der Waals surface area contributed by atoms with E-state index in [0.29, 0.717) is 0 Å². The Morgan fingerprint density at radius 2 is 2.05 bits per heavy atom. The zero-order valence-corrected chi connectivity index (χ0v) is 12.1. The van der Waals surface area contributed by atoms with Crippen molar-refractivity contribution in [2.75, 3.05) is 45.3 Å². The average Bonchev–Trinajstić information content (AvgIpc) is 2.93. The number of hydrogen-bond acceptors (Lipinski definition) is 4. The molecule has 0 saturated carbocycles. The Kier molecular flexibility index (Phi) is 4.91. The SMILES string of the molecule is CCNCC1CCN(c2ccc(OC)c(OC)c2)C1. The number of nitrogens with zero attached hydrogens (tertiary/aromatic N) is 1. The van der Waals surface area contributed by atoms with Crippen molar-refractivity contribution in [3.8, 4) is 11.5 Å². The third kappa shape index (κ3) is 3.32. The highest BCUT2D eigenvalue weighted by Gasteiger charge is 2.22. The molecule has 0 aromatic heterocycles. The smallest absolute Gasteiger partial charge is 0.162 e. The number of hydrogen-bond donors (Lipinski definition) is 1. The molecule has 0 amide bonds. The summed E-state index contributed by atoms with van der Waals surface area (Å²) in [5.74, 6) is 2.33. The van der Waals surface area contributed by atoms with Crippen LogP contribution < -0.4 is 19.7 Å². The largest absolute Gasteiger partial charge is 0.493 e. The molecule has 1 atom stereocenters. The summed E-state index contributed by atoms with van der Waals surface area (Å²) in [7, 11) is 3.35. The van der Waals surface area contributed by atoms with Crippen molar-refractivity contribution in [2.45, 2.75) is 13.3 Å². The number of ether oxygens (including phenoxy) is 2. The molecule has 1 aromatic carbocycles. The molecule has 0 radical (unpaired) electrons. The number of benzene rings is 1. The van der Waals surface area contributed by atoms with Gasteiger partial charge in [0.05, 0.1) is 14.2 Å². The van der Waals surface area contributed by atoms with Crippen LogP contribution in [0.25, 0.3) is 0 Å². The lowest BCUT2D eigenvalue weighted by atomic mass is 10.1. The first-order chi connectivity index (χ1) is 9.28. The first-order valence-electron chi connectivity index (χ1n) is 6.96. The molecule has 1 unspecified atom stereocenters. The molecule has 4 nitrogen and oxygen atoms in total. The molecule has 0 aliphatic carbocycles. The maximum atomic E-state index is 5.36.